The smallest absolute Gasteiger partial charge is 0.244 e. The van der Waals surface area contributed by atoms with E-state index in [9.17, 15) is 4.79 Å². The second-order valence-electron chi connectivity index (χ2n) is 7.93. The summed E-state index contributed by atoms with van der Waals surface area (Å²) in [7, 11) is 0. The molecule has 2 aromatic rings. The van der Waals surface area contributed by atoms with Gasteiger partial charge in [-0.05, 0) is 63.8 Å². The minimum absolute atomic E-state index is 0.0483. The van der Waals surface area contributed by atoms with E-state index in [1.165, 1.54) is 29.8 Å². The first-order valence-electron chi connectivity index (χ1n) is 10.6. The maximum absolute atomic E-state index is 12.2. The van der Waals surface area contributed by atoms with Crippen LogP contribution in [0.15, 0.2) is 36.4 Å². The van der Waals surface area contributed by atoms with Crippen LogP contribution in [0, 0.1) is 13.8 Å². The summed E-state index contributed by atoms with van der Waals surface area (Å²) in [6.07, 6.45) is 6.13. The number of aromatic nitrogens is 1. The molecule has 4 heteroatoms. The van der Waals surface area contributed by atoms with E-state index in [2.05, 4.69) is 67.9 Å². The molecule has 0 spiro atoms. The summed E-state index contributed by atoms with van der Waals surface area (Å²) in [4.78, 5) is 13.8. The van der Waals surface area contributed by atoms with Crippen LogP contribution in [0.2, 0.25) is 0 Å². The predicted molar refractivity (Wildman–Crippen MR) is 115 cm³/mol. The molecule has 4 nitrogen and oxygen atoms in total. The molecule has 0 unspecified atom stereocenters. The molecule has 1 aliphatic rings. The maximum atomic E-state index is 12.2. The van der Waals surface area contributed by atoms with Crippen molar-refractivity contribution in [3.8, 4) is 0 Å². The Morgan fingerprint density at radius 2 is 1.79 bits per heavy atom. The number of rotatable bonds is 9. The van der Waals surface area contributed by atoms with Gasteiger partial charge in [0.05, 0.1) is 13.1 Å². The van der Waals surface area contributed by atoms with Crippen LogP contribution < -0.4 is 10.2 Å². The lowest BCUT2D eigenvalue weighted by Crippen LogP contribution is -3.10. The summed E-state index contributed by atoms with van der Waals surface area (Å²) >= 11 is 0. The highest BCUT2D eigenvalue weighted by molar-refractivity contribution is 5.91. The fraction of sp³-hybridized carbons (Fsp3) is 0.458. The van der Waals surface area contributed by atoms with Crippen molar-refractivity contribution in [2.24, 2.45) is 0 Å². The van der Waals surface area contributed by atoms with Gasteiger partial charge in [-0.2, -0.15) is 0 Å². The van der Waals surface area contributed by atoms with Gasteiger partial charge < -0.3 is 14.8 Å². The molecule has 2 N–H and O–H groups in total. The van der Waals surface area contributed by atoms with Gasteiger partial charge in [0.1, 0.15) is 6.54 Å². The average molecular weight is 381 g/mol. The van der Waals surface area contributed by atoms with Gasteiger partial charge in [0.15, 0.2) is 0 Å². The number of nitrogens with one attached hydrogen (secondary N) is 2. The third kappa shape index (κ3) is 5.14. The minimum atomic E-state index is -0.0483. The summed E-state index contributed by atoms with van der Waals surface area (Å²) in [5.41, 5.74) is 6.16. The third-order valence-corrected chi connectivity index (χ3v) is 5.79. The van der Waals surface area contributed by atoms with Gasteiger partial charge in [-0.25, -0.2) is 0 Å². The van der Waals surface area contributed by atoms with Crippen molar-refractivity contribution in [2.45, 2.75) is 59.7 Å². The molecule has 1 aromatic carbocycles. The Bertz CT molecular complexity index is 824. The van der Waals surface area contributed by atoms with E-state index >= 15 is 0 Å². The number of aryl methyl sites for hydroxylation is 1. The van der Waals surface area contributed by atoms with Crippen LogP contribution >= 0.6 is 0 Å². The topological polar surface area (TPSA) is 38.5 Å². The molecule has 0 bridgehead atoms. The zero-order valence-electron chi connectivity index (χ0n) is 17.7. The molecule has 0 atom stereocenters. The molecule has 1 heterocycles. The zero-order valence-corrected chi connectivity index (χ0v) is 17.7. The molecule has 0 radical (unpaired) electrons. The highest BCUT2D eigenvalue weighted by Gasteiger charge is 2.26. The molecule has 0 saturated heterocycles. The van der Waals surface area contributed by atoms with Crippen LogP contribution in [0.1, 0.15) is 60.8 Å². The zero-order chi connectivity index (χ0) is 20.1. The summed E-state index contributed by atoms with van der Waals surface area (Å²) in [5, 5.41) is 2.99. The third-order valence-electron chi connectivity index (χ3n) is 5.79. The van der Waals surface area contributed by atoms with Crippen molar-refractivity contribution < 1.29 is 9.69 Å². The first kappa shape index (κ1) is 20.4. The van der Waals surface area contributed by atoms with Crippen LogP contribution in [-0.4, -0.2) is 23.6 Å². The van der Waals surface area contributed by atoms with Gasteiger partial charge in [0, 0.05) is 35.6 Å². The van der Waals surface area contributed by atoms with E-state index in [-0.39, 0.29) is 5.91 Å². The Morgan fingerprint density at radius 1 is 1.14 bits per heavy atom. The number of hydrogen-bond acceptors (Lipinski definition) is 1. The molecule has 150 valence electrons. The molecular formula is C24H34N3O+. The first-order chi connectivity index (χ1) is 13.5. The first-order valence-corrected chi connectivity index (χ1v) is 10.6. The SMILES string of the molecule is CC[NH+](CC)Cc1ccc(CNC(=O)/C=C/c2cc(C)n(C3CC3)c2C)cc1. The molecule has 1 aliphatic carbocycles. The van der Waals surface area contributed by atoms with Gasteiger partial charge >= 0.3 is 0 Å². The van der Waals surface area contributed by atoms with Crippen molar-refractivity contribution in [2.75, 3.05) is 13.1 Å². The molecule has 1 aromatic heterocycles. The van der Waals surface area contributed by atoms with E-state index in [0.717, 1.165) is 30.8 Å². The van der Waals surface area contributed by atoms with Crippen LogP contribution in [0.4, 0.5) is 0 Å². The second-order valence-corrected chi connectivity index (χ2v) is 7.93. The van der Waals surface area contributed by atoms with Crippen molar-refractivity contribution in [1.82, 2.24) is 9.88 Å². The van der Waals surface area contributed by atoms with Crippen molar-refractivity contribution in [3.63, 3.8) is 0 Å². The lowest BCUT2D eigenvalue weighted by molar-refractivity contribution is -0.910. The normalized spacial score (nSPS) is 14.2. The molecule has 1 amide bonds. The lowest BCUT2D eigenvalue weighted by Gasteiger charge is -2.15. The van der Waals surface area contributed by atoms with E-state index < -0.39 is 0 Å². The quantitative estimate of drug-likeness (QED) is 0.644. The van der Waals surface area contributed by atoms with E-state index in [1.54, 1.807) is 11.0 Å². The van der Waals surface area contributed by atoms with Crippen LogP contribution in [0.3, 0.4) is 0 Å². The van der Waals surface area contributed by atoms with E-state index in [1.807, 2.05) is 6.08 Å². The highest BCUT2D eigenvalue weighted by Crippen LogP contribution is 2.38. The minimum Gasteiger partial charge on any atom is -0.348 e. The van der Waals surface area contributed by atoms with Gasteiger partial charge in [0.25, 0.3) is 0 Å². The largest absolute Gasteiger partial charge is 0.348 e. The maximum Gasteiger partial charge on any atom is 0.244 e. The number of carbonyl (C=O) groups is 1. The standard InChI is InChI=1S/C24H33N3O/c1-5-26(6-2)17-21-9-7-20(8-10-21)16-25-24(28)14-11-22-15-18(3)27(19(22)4)23-12-13-23/h7-11,14-15,23H,5-6,12-13,16-17H2,1-4H3,(H,25,28)/p+1/b14-11+. The summed E-state index contributed by atoms with van der Waals surface area (Å²) in [6.45, 7) is 12.6. The van der Waals surface area contributed by atoms with E-state index in [0.29, 0.717) is 12.6 Å². The average Bonchev–Trinajstić information content (AvgIpc) is 3.49. The van der Waals surface area contributed by atoms with E-state index in [4.69, 9.17) is 0 Å². The Kier molecular flexibility index (Phi) is 6.74. The van der Waals surface area contributed by atoms with Crippen molar-refractivity contribution in [1.29, 1.82) is 0 Å². The van der Waals surface area contributed by atoms with Crippen LogP contribution in [0.25, 0.3) is 6.08 Å². The van der Waals surface area contributed by atoms with Gasteiger partial charge in [-0.1, -0.05) is 24.3 Å². The summed E-state index contributed by atoms with van der Waals surface area (Å²) in [5.74, 6) is -0.0483. The summed E-state index contributed by atoms with van der Waals surface area (Å²) in [6, 6.07) is 11.4. The van der Waals surface area contributed by atoms with Crippen molar-refractivity contribution >= 4 is 12.0 Å². The number of quaternary nitrogens is 1. The van der Waals surface area contributed by atoms with Crippen LogP contribution in [0.5, 0.6) is 0 Å². The Balaban J connectivity index is 1.51. The van der Waals surface area contributed by atoms with Crippen molar-refractivity contribution in [3.05, 3.63) is 64.5 Å². The Hall–Kier alpha value is -2.33. The summed E-state index contributed by atoms with van der Waals surface area (Å²) < 4.78 is 2.40. The Labute approximate surface area is 169 Å². The molecule has 28 heavy (non-hydrogen) atoms. The number of nitrogens with zero attached hydrogens (tertiary/aromatic N) is 1. The second kappa shape index (κ2) is 9.24. The molecular weight excluding hydrogens is 346 g/mol. The number of hydrogen-bond donors (Lipinski definition) is 2. The number of benzene rings is 1. The number of carbonyl (C=O) groups excluding carboxylic acids is 1. The van der Waals surface area contributed by atoms with Gasteiger partial charge in [-0.15, -0.1) is 0 Å². The van der Waals surface area contributed by atoms with Crippen LogP contribution in [-0.2, 0) is 17.9 Å². The van der Waals surface area contributed by atoms with Gasteiger partial charge in [0.2, 0.25) is 5.91 Å². The molecule has 3 rings (SSSR count). The lowest BCUT2D eigenvalue weighted by atomic mass is 10.1. The number of amides is 1. The Morgan fingerprint density at radius 3 is 2.39 bits per heavy atom. The monoisotopic (exact) mass is 380 g/mol. The fourth-order valence-electron chi connectivity index (χ4n) is 3.84. The molecule has 0 aliphatic heterocycles. The molecule has 1 fully saturated rings. The fourth-order valence-corrected chi connectivity index (χ4v) is 3.84. The van der Waals surface area contributed by atoms with Gasteiger partial charge in [-0.3, -0.25) is 4.79 Å². The molecule has 1 saturated carbocycles. The highest BCUT2D eigenvalue weighted by atomic mass is 16.1. The predicted octanol–water partition coefficient (Wildman–Crippen LogP) is 3.19.